The van der Waals surface area contributed by atoms with E-state index in [1.165, 1.54) is 56.1 Å². The minimum Gasteiger partial charge on any atom is -0.0810 e. The lowest BCUT2D eigenvalue weighted by atomic mass is 10.0. The van der Waals surface area contributed by atoms with Crippen LogP contribution >= 0.6 is 0 Å². The Morgan fingerprint density at radius 2 is 1.59 bits per heavy atom. The molecule has 94 valence electrons. The summed E-state index contributed by atoms with van der Waals surface area (Å²) in [5.74, 6) is 0. The van der Waals surface area contributed by atoms with Gasteiger partial charge in [-0.15, -0.1) is 0 Å². The number of allylic oxidation sites excluding steroid dienone is 2. The fourth-order valence-corrected chi connectivity index (χ4v) is 2.06. The number of hydrogen-bond donors (Lipinski definition) is 0. The van der Waals surface area contributed by atoms with E-state index in [-0.39, 0.29) is 0 Å². The van der Waals surface area contributed by atoms with Crippen LogP contribution in [0.2, 0.25) is 0 Å². The molecule has 1 rings (SSSR count). The molecule has 0 saturated heterocycles. The highest BCUT2D eigenvalue weighted by molar-refractivity contribution is 5.63. The number of hydrogen-bond acceptors (Lipinski definition) is 0. The van der Waals surface area contributed by atoms with Crippen molar-refractivity contribution in [2.24, 2.45) is 0 Å². The summed E-state index contributed by atoms with van der Waals surface area (Å²) >= 11 is 0. The Morgan fingerprint density at radius 3 is 2.29 bits per heavy atom. The average Bonchev–Trinajstić information content (AvgIpc) is 2.38. The van der Waals surface area contributed by atoms with Crippen LogP contribution in [0.4, 0.5) is 0 Å². The van der Waals surface area contributed by atoms with Crippen LogP contribution in [0.15, 0.2) is 36.4 Å². The third kappa shape index (κ3) is 6.31. The summed E-state index contributed by atoms with van der Waals surface area (Å²) in [4.78, 5) is 0. The van der Waals surface area contributed by atoms with Crippen LogP contribution in [0.3, 0.4) is 0 Å². The van der Waals surface area contributed by atoms with Gasteiger partial charge in [-0.3, -0.25) is 0 Å². The summed E-state index contributed by atoms with van der Waals surface area (Å²) in [7, 11) is 0. The van der Waals surface area contributed by atoms with Crippen molar-refractivity contribution in [3.8, 4) is 0 Å². The predicted molar refractivity (Wildman–Crippen MR) is 78.1 cm³/mol. The first-order valence-electron chi connectivity index (χ1n) is 7.06. The van der Waals surface area contributed by atoms with Crippen molar-refractivity contribution in [3.05, 3.63) is 42.0 Å². The van der Waals surface area contributed by atoms with Gasteiger partial charge in [0, 0.05) is 0 Å². The third-order valence-electron chi connectivity index (χ3n) is 3.24. The highest BCUT2D eigenvalue weighted by Crippen LogP contribution is 2.15. The molecule has 0 N–H and O–H groups in total. The number of unbranched alkanes of at least 4 members (excludes halogenated alkanes) is 6. The summed E-state index contributed by atoms with van der Waals surface area (Å²) in [6, 6.07) is 10.7. The fourth-order valence-electron chi connectivity index (χ4n) is 2.06. The molecule has 0 amide bonds. The maximum absolute atomic E-state index is 2.38. The normalized spacial score (nSPS) is 11.8. The SMILES string of the molecule is CCCCCCCC/C=C(/C)c1ccccc1. The lowest BCUT2D eigenvalue weighted by Crippen LogP contribution is -1.80. The molecular formula is C17H26. The minimum atomic E-state index is 1.23. The topological polar surface area (TPSA) is 0 Å². The molecule has 0 aliphatic carbocycles. The van der Waals surface area contributed by atoms with Gasteiger partial charge in [0.2, 0.25) is 0 Å². The predicted octanol–water partition coefficient (Wildman–Crippen LogP) is 5.84. The van der Waals surface area contributed by atoms with Crippen molar-refractivity contribution < 1.29 is 0 Å². The molecular weight excluding hydrogens is 204 g/mol. The molecule has 0 aliphatic rings. The van der Waals surface area contributed by atoms with Crippen molar-refractivity contribution in [1.82, 2.24) is 0 Å². The van der Waals surface area contributed by atoms with Gasteiger partial charge in [0.1, 0.15) is 0 Å². The van der Waals surface area contributed by atoms with Crippen molar-refractivity contribution in [3.63, 3.8) is 0 Å². The first-order valence-corrected chi connectivity index (χ1v) is 7.06. The van der Waals surface area contributed by atoms with Crippen LogP contribution in [0.5, 0.6) is 0 Å². The average molecular weight is 230 g/mol. The lowest BCUT2D eigenvalue weighted by molar-refractivity contribution is 0.611. The summed E-state index contributed by atoms with van der Waals surface area (Å²) in [6.45, 7) is 4.48. The zero-order valence-electron chi connectivity index (χ0n) is 11.4. The minimum absolute atomic E-state index is 1.23. The van der Waals surface area contributed by atoms with Gasteiger partial charge >= 0.3 is 0 Å². The highest BCUT2D eigenvalue weighted by atomic mass is 14.0. The molecule has 0 radical (unpaired) electrons. The van der Waals surface area contributed by atoms with Crippen LogP contribution in [0.25, 0.3) is 5.57 Å². The lowest BCUT2D eigenvalue weighted by Gasteiger charge is -2.02. The molecule has 0 bridgehead atoms. The van der Waals surface area contributed by atoms with Crippen molar-refractivity contribution >= 4 is 5.57 Å². The maximum Gasteiger partial charge on any atom is -0.0231 e. The van der Waals surface area contributed by atoms with E-state index in [0.717, 1.165) is 0 Å². The maximum atomic E-state index is 2.38. The van der Waals surface area contributed by atoms with Gasteiger partial charge < -0.3 is 0 Å². The number of rotatable bonds is 8. The molecule has 1 aromatic carbocycles. The summed E-state index contributed by atoms with van der Waals surface area (Å²) in [5.41, 5.74) is 2.78. The Morgan fingerprint density at radius 1 is 0.941 bits per heavy atom. The Hall–Kier alpha value is -1.04. The molecule has 0 unspecified atom stereocenters. The second kappa shape index (κ2) is 9.04. The van der Waals surface area contributed by atoms with Crippen LogP contribution in [-0.2, 0) is 0 Å². The van der Waals surface area contributed by atoms with Gasteiger partial charge in [-0.05, 0) is 30.9 Å². The summed E-state index contributed by atoms with van der Waals surface area (Å²) < 4.78 is 0. The zero-order chi connectivity index (χ0) is 12.3. The molecule has 0 fully saturated rings. The largest absolute Gasteiger partial charge is 0.0810 e. The second-order valence-corrected chi connectivity index (χ2v) is 4.81. The van der Waals surface area contributed by atoms with E-state index >= 15 is 0 Å². The molecule has 0 spiro atoms. The van der Waals surface area contributed by atoms with Gasteiger partial charge in [0.15, 0.2) is 0 Å². The van der Waals surface area contributed by atoms with E-state index in [1.54, 1.807) is 0 Å². The van der Waals surface area contributed by atoms with Crippen LogP contribution in [-0.4, -0.2) is 0 Å². The highest BCUT2D eigenvalue weighted by Gasteiger charge is 1.93. The van der Waals surface area contributed by atoms with Crippen molar-refractivity contribution in [1.29, 1.82) is 0 Å². The third-order valence-corrected chi connectivity index (χ3v) is 3.24. The van der Waals surface area contributed by atoms with E-state index < -0.39 is 0 Å². The Balaban J connectivity index is 2.16. The quantitative estimate of drug-likeness (QED) is 0.492. The van der Waals surface area contributed by atoms with E-state index in [1.807, 2.05) is 0 Å². The zero-order valence-corrected chi connectivity index (χ0v) is 11.4. The molecule has 0 saturated carbocycles. The molecule has 0 aliphatic heterocycles. The second-order valence-electron chi connectivity index (χ2n) is 4.81. The van der Waals surface area contributed by atoms with Gasteiger partial charge in [0.05, 0.1) is 0 Å². The Labute approximate surface area is 107 Å². The summed E-state index contributed by atoms with van der Waals surface area (Å²) in [5, 5.41) is 0. The Kier molecular flexibility index (Phi) is 7.46. The van der Waals surface area contributed by atoms with Crippen LogP contribution in [0.1, 0.15) is 64.4 Å². The molecule has 0 nitrogen and oxygen atoms in total. The van der Waals surface area contributed by atoms with Gasteiger partial charge in [-0.25, -0.2) is 0 Å². The monoisotopic (exact) mass is 230 g/mol. The smallest absolute Gasteiger partial charge is 0.0231 e. The molecule has 0 aromatic heterocycles. The van der Waals surface area contributed by atoms with Crippen molar-refractivity contribution in [2.75, 3.05) is 0 Å². The molecule has 0 heteroatoms. The van der Waals surface area contributed by atoms with E-state index in [4.69, 9.17) is 0 Å². The molecule has 1 aromatic rings. The molecule has 0 heterocycles. The van der Waals surface area contributed by atoms with Gasteiger partial charge in [0.25, 0.3) is 0 Å². The molecule has 17 heavy (non-hydrogen) atoms. The molecule has 0 atom stereocenters. The van der Waals surface area contributed by atoms with Crippen LogP contribution < -0.4 is 0 Å². The first-order chi connectivity index (χ1) is 8.34. The van der Waals surface area contributed by atoms with E-state index in [0.29, 0.717) is 0 Å². The van der Waals surface area contributed by atoms with E-state index in [2.05, 4.69) is 50.3 Å². The van der Waals surface area contributed by atoms with E-state index in [9.17, 15) is 0 Å². The Bertz CT molecular complexity index is 308. The van der Waals surface area contributed by atoms with Gasteiger partial charge in [-0.1, -0.05) is 75.4 Å². The fraction of sp³-hybridized carbons (Fsp3) is 0.529. The van der Waals surface area contributed by atoms with Crippen molar-refractivity contribution in [2.45, 2.75) is 58.8 Å². The first kappa shape index (κ1) is 14.0. The number of benzene rings is 1. The summed E-state index contributed by atoms with van der Waals surface area (Å²) in [6.07, 6.45) is 11.9. The standard InChI is InChI=1S/C17H26/c1-3-4-5-6-7-8-10-13-16(2)17-14-11-9-12-15-17/h9,11-15H,3-8,10H2,1-2H3/b16-13-. The van der Waals surface area contributed by atoms with Crippen LogP contribution in [0, 0.1) is 0 Å². The van der Waals surface area contributed by atoms with Gasteiger partial charge in [-0.2, -0.15) is 0 Å².